The maximum Gasteiger partial charge on any atom is 0.174 e. The van der Waals surface area contributed by atoms with Gasteiger partial charge >= 0.3 is 0 Å². The third-order valence-electron chi connectivity index (χ3n) is 2.33. The molecule has 0 bridgehead atoms. The smallest absolute Gasteiger partial charge is 0.174 e. The minimum absolute atomic E-state index is 0.262. The predicted octanol–water partition coefficient (Wildman–Crippen LogP) is 1.93. The average molecular weight is 214 g/mol. The standard InChI is InChI=1S/C11H7FN4/c12-9-3-1-8(2-4-9)10-5-13-6-11-14-7-15-16(10)11/h1-7H. The SMILES string of the molecule is Fc1ccc(-c2cncc3ncnn23)cc1. The lowest BCUT2D eigenvalue weighted by Crippen LogP contribution is -1.95. The van der Waals surface area contributed by atoms with Gasteiger partial charge in [-0.1, -0.05) is 0 Å². The van der Waals surface area contributed by atoms with E-state index in [-0.39, 0.29) is 5.82 Å². The van der Waals surface area contributed by atoms with Gasteiger partial charge in [0.25, 0.3) is 0 Å². The van der Waals surface area contributed by atoms with Gasteiger partial charge in [-0.2, -0.15) is 5.10 Å². The van der Waals surface area contributed by atoms with Crippen molar-refractivity contribution in [1.29, 1.82) is 0 Å². The van der Waals surface area contributed by atoms with Crippen LogP contribution >= 0.6 is 0 Å². The van der Waals surface area contributed by atoms with Crippen LogP contribution in [0.3, 0.4) is 0 Å². The van der Waals surface area contributed by atoms with Gasteiger partial charge in [-0.3, -0.25) is 4.98 Å². The van der Waals surface area contributed by atoms with Gasteiger partial charge in [0, 0.05) is 5.56 Å². The highest BCUT2D eigenvalue weighted by molar-refractivity contribution is 5.61. The van der Waals surface area contributed by atoms with Gasteiger partial charge in [0.05, 0.1) is 18.1 Å². The van der Waals surface area contributed by atoms with Crippen molar-refractivity contribution < 1.29 is 4.39 Å². The number of nitrogens with zero attached hydrogens (tertiary/aromatic N) is 4. The number of rotatable bonds is 1. The molecule has 3 rings (SSSR count). The summed E-state index contributed by atoms with van der Waals surface area (Å²) in [5, 5.41) is 4.09. The van der Waals surface area contributed by atoms with Gasteiger partial charge < -0.3 is 0 Å². The van der Waals surface area contributed by atoms with Crippen molar-refractivity contribution in [2.45, 2.75) is 0 Å². The lowest BCUT2D eigenvalue weighted by molar-refractivity contribution is 0.628. The number of hydrogen-bond acceptors (Lipinski definition) is 3. The van der Waals surface area contributed by atoms with E-state index in [1.807, 2.05) is 0 Å². The topological polar surface area (TPSA) is 43.1 Å². The van der Waals surface area contributed by atoms with Crippen LogP contribution in [-0.2, 0) is 0 Å². The van der Waals surface area contributed by atoms with Gasteiger partial charge in [0.15, 0.2) is 5.65 Å². The van der Waals surface area contributed by atoms with Crippen molar-refractivity contribution in [3.05, 3.63) is 48.8 Å². The highest BCUT2D eigenvalue weighted by Crippen LogP contribution is 2.18. The molecule has 0 aliphatic rings. The zero-order valence-corrected chi connectivity index (χ0v) is 8.21. The number of aromatic nitrogens is 4. The van der Waals surface area contributed by atoms with E-state index >= 15 is 0 Å². The molecule has 2 heterocycles. The average Bonchev–Trinajstić information content (AvgIpc) is 2.78. The lowest BCUT2D eigenvalue weighted by Gasteiger charge is -2.02. The van der Waals surface area contributed by atoms with Crippen LogP contribution in [0.2, 0.25) is 0 Å². The van der Waals surface area contributed by atoms with Crippen molar-refractivity contribution in [3.8, 4) is 11.3 Å². The normalized spacial score (nSPS) is 10.8. The Bertz CT molecular complexity index is 630. The monoisotopic (exact) mass is 214 g/mol. The predicted molar refractivity (Wildman–Crippen MR) is 56.2 cm³/mol. The van der Waals surface area contributed by atoms with Crippen molar-refractivity contribution in [3.63, 3.8) is 0 Å². The second-order valence-electron chi connectivity index (χ2n) is 3.33. The maximum atomic E-state index is 12.8. The first kappa shape index (κ1) is 8.96. The van der Waals surface area contributed by atoms with E-state index in [1.54, 1.807) is 29.0 Å². The number of fused-ring (bicyclic) bond motifs is 1. The van der Waals surface area contributed by atoms with Crippen LogP contribution in [0.25, 0.3) is 16.9 Å². The van der Waals surface area contributed by atoms with Crippen molar-refractivity contribution in [2.24, 2.45) is 0 Å². The molecular formula is C11H7FN4. The highest BCUT2D eigenvalue weighted by atomic mass is 19.1. The molecule has 1 aromatic carbocycles. The molecule has 78 valence electrons. The summed E-state index contributed by atoms with van der Waals surface area (Å²) in [6, 6.07) is 6.19. The zero-order valence-electron chi connectivity index (χ0n) is 8.21. The Morgan fingerprint density at radius 3 is 2.69 bits per heavy atom. The molecule has 0 N–H and O–H groups in total. The summed E-state index contributed by atoms with van der Waals surface area (Å²) < 4.78 is 14.5. The third-order valence-corrected chi connectivity index (χ3v) is 2.33. The molecule has 0 aliphatic heterocycles. The number of hydrogen-bond donors (Lipinski definition) is 0. The highest BCUT2D eigenvalue weighted by Gasteiger charge is 2.05. The second-order valence-corrected chi connectivity index (χ2v) is 3.33. The summed E-state index contributed by atoms with van der Waals surface area (Å²) in [5.41, 5.74) is 2.31. The molecule has 0 saturated carbocycles. The Morgan fingerprint density at radius 1 is 1.06 bits per heavy atom. The third kappa shape index (κ3) is 1.33. The molecule has 0 spiro atoms. The van der Waals surface area contributed by atoms with Crippen molar-refractivity contribution in [1.82, 2.24) is 19.6 Å². The van der Waals surface area contributed by atoms with Crippen LogP contribution in [0.5, 0.6) is 0 Å². The van der Waals surface area contributed by atoms with E-state index in [2.05, 4.69) is 15.1 Å². The summed E-state index contributed by atoms with van der Waals surface area (Å²) in [6.07, 6.45) is 4.76. The summed E-state index contributed by atoms with van der Waals surface area (Å²) in [4.78, 5) is 8.10. The Morgan fingerprint density at radius 2 is 1.88 bits per heavy atom. The van der Waals surface area contributed by atoms with Crippen molar-refractivity contribution in [2.75, 3.05) is 0 Å². The molecule has 16 heavy (non-hydrogen) atoms. The maximum absolute atomic E-state index is 12.8. The molecule has 4 nitrogen and oxygen atoms in total. The first-order valence-corrected chi connectivity index (χ1v) is 4.74. The number of halogens is 1. The first-order valence-electron chi connectivity index (χ1n) is 4.74. The molecule has 3 aromatic rings. The molecule has 0 saturated heterocycles. The lowest BCUT2D eigenvalue weighted by atomic mass is 10.1. The first-order chi connectivity index (χ1) is 7.84. The molecule has 2 aromatic heterocycles. The van der Waals surface area contributed by atoms with Crippen LogP contribution in [0.4, 0.5) is 4.39 Å². The fraction of sp³-hybridized carbons (Fsp3) is 0. The van der Waals surface area contributed by atoms with E-state index < -0.39 is 0 Å². The molecule has 0 aliphatic carbocycles. The summed E-state index contributed by atoms with van der Waals surface area (Å²) in [7, 11) is 0. The van der Waals surface area contributed by atoms with Crippen LogP contribution in [0.1, 0.15) is 0 Å². The Hall–Kier alpha value is -2.30. The van der Waals surface area contributed by atoms with E-state index in [1.165, 1.54) is 18.5 Å². The van der Waals surface area contributed by atoms with Crippen LogP contribution < -0.4 is 0 Å². The van der Waals surface area contributed by atoms with Gasteiger partial charge in [-0.25, -0.2) is 13.9 Å². The van der Waals surface area contributed by atoms with E-state index in [9.17, 15) is 4.39 Å². The fourth-order valence-corrected chi connectivity index (χ4v) is 1.57. The molecule has 5 heteroatoms. The quantitative estimate of drug-likeness (QED) is 0.621. The van der Waals surface area contributed by atoms with Crippen LogP contribution in [-0.4, -0.2) is 19.6 Å². The largest absolute Gasteiger partial charge is 0.259 e. The van der Waals surface area contributed by atoms with Crippen molar-refractivity contribution >= 4 is 5.65 Å². The summed E-state index contributed by atoms with van der Waals surface area (Å²) in [6.45, 7) is 0. The molecule has 0 fully saturated rings. The fourth-order valence-electron chi connectivity index (χ4n) is 1.57. The van der Waals surface area contributed by atoms with E-state index in [0.717, 1.165) is 11.3 Å². The van der Waals surface area contributed by atoms with E-state index in [4.69, 9.17) is 0 Å². The summed E-state index contributed by atoms with van der Waals surface area (Å²) >= 11 is 0. The Balaban J connectivity index is 2.25. The Kier molecular flexibility index (Phi) is 1.89. The van der Waals surface area contributed by atoms with Gasteiger partial charge in [-0.15, -0.1) is 0 Å². The van der Waals surface area contributed by atoms with Gasteiger partial charge in [0.1, 0.15) is 12.1 Å². The summed E-state index contributed by atoms with van der Waals surface area (Å²) in [5.74, 6) is -0.262. The molecule has 0 amide bonds. The second kappa shape index (κ2) is 3.37. The molecule has 0 radical (unpaired) electrons. The minimum atomic E-state index is -0.262. The molecule has 0 atom stereocenters. The zero-order chi connectivity index (χ0) is 11.0. The van der Waals surface area contributed by atoms with Crippen LogP contribution in [0.15, 0.2) is 43.0 Å². The van der Waals surface area contributed by atoms with Crippen LogP contribution in [0, 0.1) is 5.82 Å². The molecular weight excluding hydrogens is 207 g/mol. The number of benzene rings is 1. The van der Waals surface area contributed by atoms with E-state index in [0.29, 0.717) is 5.65 Å². The minimum Gasteiger partial charge on any atom is -0.259 e. The Labute approximate surface area is 90.4 Å². The van der Waals surface area contributed by atoms with Gasteiger partial charge in [0.2, 0.25) is 0 Å². The van der Waals surface area contributed by atoms with Gasteiger partial charge in [-0.05, 0) is 24.3 Å². The molecule has 0 unspecified atom stereocenters.